The molecule has 110 valence electrons. The van der Waals surface area contributed by atoms with E-state index in [1.165, 1.54) is 0 Å². The van der Waals surface area contributed by atoms with E-state index in [0.29, 0.717) is 11.3 Å². The Morgan fingerprint density at radius 2 is 2.10 bits per heavy atom. The summed E-state index contributed by atoms with van der Waals surface area (Å²) in [4.78, 5) is 6.48. The summed E-state index contributed by atoms with van der Waals surface area (Å²) >= 11 is 0. The standard InChI is InChI=1S/C16H20N4O/c1-20(11-13-5-3-4-8-19-13)10-12-6-7-15(21-2)14(9-12)16(17)18/h3-9H,10-11H2,1-2H3,(H3,17,18). The van der Waals surface area contributed by atoms with Crippen LogP contribution >= 0.6 is 0 Å². The lowest BCUT2D eigenvalue weighted by atomic mass is 10.1. The number of nitrogens with zero attached hydrogens (tertiary/aromatic N) is 2. The molecule has 0 amide bonds. The summed E-state index contributed by atoms with van der Waals surface area (Å²) in [5.41, 5.74) is 8.33. The number of pyridine rings is 1. The van der Waals surface area contributed by atoms with Crippen LogP contribution in [0.2, 0.25) is 0 Å². The SMILES string of the molecule is COc1ccc(CN(C)Cc2ccccn2)cc1C(=N)N. The number of benzene rings is 1. The molecule has 1 aromatic heterocycles. The van der Waals surface area contributed by atoms with Gasteiger partial charge in [0.25, 0.3) is 0 Å². The first-order chi connectivity index (χ1) is 10.1. The first kappa shape index (κ1) is 15.0. The second kappa shape index (κ2) is 6.85. The number of nitrogen functional groups attached to an aromatic ring is 1. The van der Waals surface area contributed by atoms with Crippen LogP contribution in [0.1, 0.15) is 16.8 Å². The molecule has 2 aromatic rings. The van der Waals surface area contributed by atoms with Crippen LogP contribution in [0.25, 0.3) is 0 Å². The maximum Gasteiger partial charge on any atom is 0.129 e. The Hall–Kier alpha value is -2.40. The van der Waals surface area contributed by atoms with Gasteiger partial charge in [-0.25, -0.2) is 0 Å². The van der Waals surface area contributed by atoms with Crippen LogP contribution in [0, 0.1) is 5.41 Å². The molecule has 3 N–H and O–H groups in total. The van der Waals surface area contributed by atoms with Crippen LogP contribution in [0.4, 0.5) is 0 Å². The van der Waals surface area contributed by atoms with Crippen molar-refractivity contribution in [3.8, 4) is 5.75 Å². The van der Waals surface area contributed by atoms with Gasteiger partial charge >= 0.3 is 0 Å². The second-order valence-corrected chi connectivity index (χ2v) is 4.94. The zero-order chi connectivity index (χ0) is 15.2. The highest BCUT2D eigenvalue weighted by molar-refractivity contribution is 5.97. The number of aromatic nitrogens is 1. The maximum absolute atomic E-state index is 7.61. The molecule has 0 aliphatic carbocycles. The molecule has 0 saturated carbocycles. The maximum atomic E-state index is 7.61. The third-order valence-electron chi connectivity index (χ3n) is 3.16. The lowest BCUT2D eigenvalue weighted by Crippen LogP contribution is -2.19. The van der Waals surface area contributed by atoms with E-state index in [2.05, 4.69) is 9.88 Å². The fraction of sp³-hybridized carbons (Fsp3) is 0.250. The van der Waals surface area contributed by atoms with E-state index < -0.39 is 0 Å². The van der Waals surface area contributed by atoms with Crippen molar-refractivity contribution in [1.82, 2.24) is 9.88 Å². The van der Waals surface area contributed by atoms with E-state index in [4.69, 9.17) is 15.9 Å². The van der Waals surface area contributed by atoms with Crippen molar-refractivity contribution >= 4 is 5.84 Å². The van der Waals surface area contributed by atoms with Crippen molar-refractivity contribution in [2.24, 2.45) is 5.73 Å². The number of amidine groups is 1. The fourth-order valence-corrected chi connectivity index (χ4v) is 2.20. The summed E-state index contributed by atoms with van der Waals surface area (Å²) in [5.74, 6) is 0.639. The summed E-state index contributed by atoms with van der Waals surface area (Å²) in [5, 5.41) is 7.61. The summed E-state index contributed by atoms with van der Waals surface area (Å²) in [6.07, 6.45) is 1.80. The molecular formula is C16H20N4O. The largest absolute Gasteiger partial charge is 0.496 e. The molecule has 1 aromatic carbocycles. The number of ether oxygens (including phenoxy) is 1. The monoisotopic (exact) mass is 284 g/mol. The van der Waals surface area contributed by atoms with E-state index >= 15 is 0 Å². The van der Waals surface area contributed by atoms with E-state index in [9.17, 15) is 0 Å². The van der Waals surface area contributed by atoms with Crippen LogP contribution < -0.4 is 10.5 Å². The molecule has 21 heavy (non-hydrogen) atoms. The Bertz CT molecular complexity index is 613. The quantitative estimate of drug-likeness (QED) is 0.628. The molecule has 5 nitrogen and oxygen atoms in total. The van der Waals surface area contributed by atoms with Crippen LogP contribution in [0.15, 0.2) is 42.6 Å². The van der Waals surface area contributed by atoms with Crippen LogP contribution in [-0.2, 0) is 13.1 Å². The lowest BCUT2D eigenvalue weighted by Gasteiger charge is -2.17. The first-order valence-corrected chi connectivity index (χ1v) is 6.70. The third-order valence-corrected chi connectivity index (χ3v) is 3.16. The fourth-order valence-electron chi connectivity index (χ4n) is 2.20. The molecule has 0 aliphatic rings. The molecule has 5 heteroatoms. The Labute approximate surface area is 124 Å². The van der Waals surface area contributed by atoms with Gasteiger partial charge in [-0.15, -0.1) is 0 Å². The average molecular weight is 284 g/mol. The van der Waals surface area contributed by atoms with E-state index in [1.807, 2.05) is 43.4 Å². The minimum atomic E-state index is 0.0149. The smallest absolute Gasteiger partial charge is 0.129 e. The molecule has 0 aliphatic heterocycles. The molecule has 1 heterocycles. The molecule has 0 unspecified atom stereocenters. The van der Waals surface area contributed by atoms with Gasteiger partial charge in [0.05, 0.1) is 18.4 Å². The van der Waals surface area contributed by atoms with Gasteiger partial charge in [0.15, 0.2) is 0 Å². The summed E-state index contributed by atoms with van der Waals surface area (Å²) < 4.78 is 5.22. The van der Waals surface area contributed by atoms with Gasteiger partial charge in [-0.05, 0) is 36.9 Å². The van der Waals surface area contributed by atoms with Gasteiger partial charge in [-0.3, -0.25) is 15.3 Å². The zero-order valence-electron chi connectivity index (χ0n) is 12.3. The molecule has 0 radical (unpaired) electrons. The highest BCUT2D eigenvalue weighted by Crippen LogP contribution is 2.20. The Kier molecular flexibility index (Phi) is 4.90. The van der Waals surface area contributed by atoms with Gasteiger partial charge in [0, 0.05) is 19.3 Å². The van der Waals surface area contributed by atoms with Gasteiger partial charge in [-0.1, -0.05) is 12.1 Å². The predicted octanol–water partition coefficient (Wildman–Crippen LogP) is 2.01. The zero-order valence-corrected chi connectivity index (χ0v) is 12.3. The number of methoxy groups -OCH3 is 1. The second-order valence-electron chi connectivity index (χ2n) is 4.94. The Balaban J connectivity index is 2.09. The topological polar surface area (TPSA) is 75.2 Å². The van der Waals surface area contributed by atoms with Crippen molar-refractivity contribution in [3.05, 3.63) is 59.4 Å². The van der Waals surface area contributed by atoms with E-state index in [0.717, 1.165) is 24.3 Å². The molecule has 0 bridgehead atoms. The third kappa shape index (κ3) is 4.03. The minimum absolute atomic E-state index is 0.0149. The lowest BCUT2D eigenvalue weighted by molar-refractivity contribution is 0.315. The van der Waals surface area contributed by atoms with E-state index in [1.54, 1.807) is 13.3 Å². The van der Waals surface area contributed by atoms with Gasteiger partial charge in [0.2, 0.25) is 0 Å². The summed E-state index contributed by atoms with van der Waals surface area (Å²) in [6.45, 7) is 1.52. The van der Waals surface area contributed by atoms with Crippen molar-refractivity contribution < 1.29 is 4.74 Å². The number of hydrogen-bond donors (Lipinski definition) is 2. The van der Waals surface area contributed by atoms with Gasteiger partial charge in [0.1, 0.15) is 11.6 Å². The predicted molar refractivity (Wildman–Crippen MR) is 83.4 cm³/mol. The first-order valence-electron chi connectivity index (χ1n) is 6.70. The Morgan fingerprint density at radius 3 is 2.71 bits per heavy atom. The minimum Gasteiger partial charge on any atom is -0.496 e. The molecule has 0 spiro atoms. The van der Waals surface area contributed by atoms with E-state index in [-0.39, 0.29) is 5.84 Å². The van der Waals surface area contributed by atoms with Crippen LogP contribution in [0.5, 0.6) is 5.75 Å². The van der Waals surface area contributed by atoms with Crippen molar-refractivity contribution in [3.63, 3.8) is 0 Å². The molecule has 0 fully saturated rings. The molecule has 0 saturated heterocycles. The number of nitrogens with two attached hydrogens (primary N) is 1. The highest BCUT2D eigenvalue weighted by atomic mass is 16.5. The Morgan fingerprint density at radius 1 is 1.29 bits per heavy atom. The van der Waals surface area contributed by atoms with Crippen LogP contribution in [-0.4, -0.2) is 29.9 Å². The van der Waals surface area contributed by atoms with Crippen molar-refractivity contribution in [2.75, 3.05) is 14.2 Å². The number of hydrogen-bond acceptors (Lipinski definition) is 4. The molecule has 0 atom stereocenters. The molecular weight excluding hydrogens is 264 g/mol. The highest BCUT2D eigenvalue weighted by Gasteiger charge is 2.09. The van der Waals surface area contributed by atoms with Crippen LogP contribution in [0.3, 0.4) is 0 Å². The van der Waals surface area contributed by atoms with Gasteiger partial charge in [-0.2, -0.15) is 0 Å². The number of rotatable bonds is 6. The average Bonchev–Trinajstić information content (AvgIpc) is 2.48. The van der Waals surface area contributed by atoms with Crippen molar-refractivity contribution in [1.29, 1.82) is 5.41 Å². The summed E-state index contributed by atoms with van der Waals surface area (Å²) in [6, 6.07) is 11.6. The number of nitrogens with one attached hydrogen (secondary N) is 1. The van der Waals surface area contributed by atoms with Gasteiger partial charge < -0.3 is 10.5 Å². The molecule has 2 rings (SSSR count). The van der Waals surface area contributed by atoms with Crippen molar-refractivity contribution in [2.45, 2.75) is 13.1 Å². The normalized spacial score (nSPS) is 10.6. The summed E-state index contributed by atoms with van der Waals surface area (Å²) in [7, 11) is 3.61.